The Morgan fingerprint density at radius 1 is 1.52 bits per heavy atom. The summed E-state index contributed by atoms with van der Waals surface area (Å²) in [6, 6.07) is 6.37. The fraction of sp³-hybridized carbons (Fsp3) is 0.0833. The summed E-state index contributed by atoms with van der Waals surface area (Å²) in [7, 11) is 0. The third-order valence-corrected chi connectivity index (χ3v) is 2.50. The van der Waals surface area contributed by atoms with Gasteiger partial charge in [-0.1, -0.05) is 0 Å². The smallest absolute Gasteiger partial charge is 0.400 e. The molecular formula is C12H11N5O3S. The van der Waals surface area contributed by atoms with Gasteiger partial charge in [0.25, 0.3) is 0 Å². The number of nitro groups is 1. The molecule has 2 aromatic rings. The molecule has 0 fully saturated rings. The fourth-order valence-electron chi connectivity index (χ4n) is 1.41. The molecule has 0 radical (unpaired) electrons. The van der Waals surface area contributed by atoms with Gasteiger partial charge in [-0.25, -0.2) is 4.98 Å². The van der Waals surface area contributed by atoms with E-state index in [0.29, 0.717) is 5.82 Å². The molecule has 2 rings (SSSR count). The first-order valence-electron chi connectivity index (χ1n) is 5.81. The molecule has 0 aliphatic heterocycles. The van der Waals surface area contributed by atoms with Crippen LogP contribution in [-0.4, -0.2) is 21.2 Å². The van der Waals surface area contributed by atoms with Crippen LogP contribution in [0.25, 0.3) is 0 Å². The van der Waals surface area contributed by atoms with Crippen molar-refractivity contribution in [3.8, 4) is 0 Å². The lowest BCUT2D eigenvalue weighted by atomic mass is 10.3. The van der Waals surface area contributed by atoms with Crippen molar-refractivity contribution in [3.63, 3.8) is 0 Å². The van der Waals surface area contributed by atoms with Gasteiger partial charge in [-0.15, -0.1) is 0 Å². The van der Waals surface area contributed by atoms with Gasteiger partial charge in [0.15, 0.2) is 10.9 Å². The second kappa shape index (κ2) is 6.57. The van der Waals surface area contributed by atoms with Crippen molar-refractivity contribution >= 4 is 35.2 Å². The van der Waals surface area contributed by atoms with Crippen LogP contribution in [-0.2, 0) is 0 Å². The van der Waals surface area contributed by atoms with Crippen LogP contribution >= 0.6 is 12.2 Å². The second-order valence-electron chi connectivity index (χ2n) is 3.98. The second-order valence-corrected chi connectivity index (χ2v) is 4.38. The molecule has 0 bridgehead atoms. The van der Waals surface area contributed by atoms with Crippen LogP contribution in [0.5, 0.6) is 0 Å². The van der Waals surface area contributed by atoms with Crippen LogP contribution < -0.4 is 10.7 Å². The van der Waals surface area contributed by atoms with Crippen LogP contribution in [0.15, 0.2) is 40.0 Å². The molecule has 2 aromatic heterocycles. The van der Waals surface area contributed by atoms with E-state index >= 15 is 0 Å². The Hall–Kier alpha value is -2.81. The van der Waals surface area contributed by atoms with E-state index in [2.05, 4.69) is 20.8 Å². The van der Waals surface area contributed by atoms with Gasteiger partial charge in [-0.05, 0) is 42.9 Å². The Morgan fingerprint density at radius 3 is 3.00 bits per heavy atom. The van der Waals surface area contributed by atoms with Crippen LogP contribution in [0, 0.1) is 17.0 Å². The first kappa shape index (κ1) is 14.6. The summed E-state index contributed by atoms with van der Waals surface area (Å²) in [5, 5.41) is 17.3. The van der Waals surface area contributed by atoms with E-state index in [9.17, 15) is 10.1 Å². The SMILES string of the molecule is Cc1ccnc(NC(=S)N/N=C/c2ccc([N+](=O)[O-])o2)c1. The molecule has 108 valence electrons. The van der Waals surface area contributed by atoms with E-state index in [1.807, 2.05) is 19.1 Å². The number of aryl methyl sites for hydroxylation is 1. The highest BCUT2D eigenvalue weighted by Crippen LogP contribution is 2.13. The average Bonchev–Trinajstić information content (AvgIpc) is 2.87. The summed E-state index contributed by atoms with van der Waals surface area (Å²) >= 11 is 5.03. The van der Waals surface area contributed by atoms with E-state index in [-0.39, 0.29) is 16.8 Å². The normalized spacial score (nSPS) is 10.5. The molecule has 2 heterocycles. The van der Waals surface area contributed by atoms with E-state index in [1.54, 1.807) is 6.20 Å². The van der Waals surface area contributed by atoms with Crippen molar-refractivity contribution in [2.24, 2.45) is 5.10 Å². The third-order valence-electron chi connectivity index (χ3n) is 2.31. The minimum absolute atomic E-state index is 0.241. The molecule has 0 aliphatic carbocycles. The highest BCUT2D eigenvalue weighted by molar-refractivity contribution is 7.80. The van der Waals surface area contributed by atoms with E-state index in [1.165, 1.54) is 18.3 Å². The van der Waals surface area contributed by atoms with Crippen LogP contribution in [0.3, 0.4) is 0 Å². The molecule has 0 unspecified atom stereocenters. The number of hydrazone groups is 1. The molecule has 0 aromatic carbocycles. The van der Waals surface area contributed by atoms with Gasteiger partial charge >= 0.3 is 5.88 Å². The Bertz CT molecular complexity index is 698. The van der Waals surface area contributed by atoms with Crippen molar-refractivity contribution < 1.29 is 9.34 Å². The van der Waals surface area contributed by atoms with Gasteiger partial charge < -0.3 is 9.73 Å². The maximum absolute atomic E-state index is 10.4. The maximum Gasteiger partial charge on any atom is 0.433 e. The maximum atomic E-state index is 10.4. The van der Waals surface area contributed by atoms with E-state index in [0.717, 1.165) is 5.56 Å². The van der Waals surface area contributed by atoms with Gasteiger partial charge in [0.05, 0.1) is 12.3 Å². The summed E-state index contributed by atoms with van der Waals surface area (Å²) in [6.45, 7) is 1.94. The van der Waals surface area contributed by atoms with Crippen molar-refractivity contribution in [2.75, 3.05) is 5.32 Å². The number of thiocarbonyl (C=S) groups is 1. The highest BCUT2D eigenvalue weighted by atomic mass is 32.1. The predicted octanol–water partition coefficient (Wildman–Crippen LogP) is 2.21. The zero-order chi connectivity index (χ0) is 15.2. The number of hydrogen-bond donors (Lipinski definition) is 2. The van der Waals surface area contributed by atoms with Gasteiger partial charge in [-0.2, -0.15) is 5.10 Å². The molecule has 0 amide bonds. The van der Waals surface area contributed by atoms with Crippen LogP contribution in [0.1, 0.15) is 11.3 Å². The van der Waals surface area contributed by atoms with Crippen molar-refractivity contribution in [1.82, 2.24) is 10.4 Å². The lowest BCUT2D eigenvalue weighted by Crippen LogP contribution is -2.24. The number of rotatable bonds is 4. The fourth-order valence-corrected chi connectivity index (χ4v) is 1.57. The van der Waals surface area contributed by atoms with Crippen molar-refractivity contribution in [1.29, 1.82) is 0 Å². The topological polar surface area (TPSA) is 106 Å². The molecule has 0 spiro atoms. The first-order valence-corrected chi connectivity index (χ1v) is 6.22. The lowest BCUT2D eigenvalue weighted by Gasteiger charge is -2.05. The van der Waals surface area contributed by atoms with Crippen LogP contribution in [0.2, 0.25) is 0 Å². The Balaban J connectivity index is 1.88. The van der Waals surface area contributed by atoms with Crippen molar-refractivity contribution in [3.05, 3.63) is 51.9 Å². The van der Waals surface area contributed by atoms with E-state index < -0.39 is 4.92 Å². The summed E-state index contributed by atoms with van der Waals surface area (Å²) in [4.78, 5) is 13.9. The third kappa shape index (κ3) is 4.35. The average molecular weight is 305 g/mol. The van der Waals surface area contributed by atoms with Gasteiger partial charge in [-0.3, -0.25) is 15.5 Å². The van der Waals surface area contributed by atoms with Gasteiger partial charge in [0.2, 0.25) is 0 Å². The Kier molecular flexibility index (Phi) is 4.57. The van der Waals surface area contributed by atoms with Gasteiger partial charge in [0.1, 0.15) is 10.7 Å². The number of nitrogens with one attached hydrogen (secondary N) is 2. The number of aromatic nitrogens is 1. The standard InChI is InChI=1S/C12H11N5O3S/c1-8-4-5-13-10(6-8)15-12(21)16-14-7-9-2-3-11(20-9)17(18)19/h2-7H,1H3,(H2,13,15,16,21)/b14-7+. The molecule has 2 N–H and O–H groups in total. The number of nitrogens with zero attached hydrogens (tertiary/aromatic N) is 3. The monoisotopic (exact) mass is 305 g/mol. The lowest BCUT2D eigenvalue weighted by molar-refractivity contribution is -0.402. The Labute approximate surface area is 125 Å². The summed E-state index contributed by atoms with van der Waals surface area (Å²) in [5.41, 5.74) is 3.60. The summed E-state index contributed by atoms with van der Waals surface area (Å²) < 4.78 is 4.90. The molecule has 8 nitrogen and oxygen atoms in total. The minimum atomic E-state index is -0.625. The molecule has 0 atom stereocenters. The molecule has 0 aliphatic rings. The Morgan fingerprint density at radius 2 is 2.33 bits per heavy atom. The quantitative estimate of drug-likeness (QED) is 0.386. The molecule has 0 saturated heterocycles. The highest BCUT2D eigenvalue weighted by Gasteiger charge is 2.10. The molecule has 9 heteroatoms. The number of furan rings is 1. The minimum Gasteiger partial charge on any atom is -0.400 e. The largest absolute Gasteiger partial charge is 0.433 e. The summed E-state index contributed by atoms with van der Waals surface area (Å²) in [5.74, 6) is 0.489. The number of anilines is 1. The summed E-state index contributed by atoms with van der Waals surface area (Å²) in [6.07, 6.45) is 2.94. The molecule has 21 heavy (non-hydrogen) atoms. The zero-order valence-corrected chi connectivity index (χ0v) is 11.8. The van der Waals surface area contributed by atoms with Crippen molar-refractivity contribution in [2.45, 2.75) is 6.92 Å². The predicted molar refractivity (Wildman–Crippen MR) is 81.3 cm³/mol. The number of pyridine rings is 1. The zero-order valence-electron chi connectivity index (χ0n) is 10.9. The van der Waals surface area contributed by atoms with Gasteiger partial charge in [0, 0.05) is 6.20 Å². The van der Waals surface area contributed by atoms with E-state index in [4.69, 9.17) is 16.6 Å². The molecule has 0 saturated carbocycles. The molecular weight excluding hydrogens is 294 g/mol. The van der Waals surface area contributed by atoms with Crippen LogP contribution in [0.4, 0.5) is 11.7 Å². The first-order chi connectivity index (χ1) is 10.0. The number of hydrogen-bond acceptors (Lipinski definition) is 6.